The van der Waals surface area contributed by atoms with E-state index in [0.717, 1.165) is 26.2 Å². The molecule has 0 bridgehead atoms. The van der Waals surface area contributed by atoms with Crippen LogP contribution in [-0.4, -0.2) is 68.3 Å². The number of cyclic esters (lactones) is 1. The van der Waals surface area contributed by atoms with Gasteiger partial charge in [-0.2, -0.15) is 5.12 Å². The molecular formula is C21H23F2N7O2. The SMILES string of the molecule is O=C1OCCN1CN1C=NN(c2ccc(-c3ccc(N4CCNCC4)c(F)c3)c(F)c2)N1. The Labute approximate surface area is 183 Å². The van der Waals surface area contributed by atoms with Gasteiger partial charge in [0.25, 0.3) is 0 Å². The van der Waals surface area contributed by atoms with Gasteiger partial charge in [-0.25, -0.2) is 13.6 Å². The highest BCUT2D eigenvalue weighted by Gasteiger charge is 2.26. The number of nitrogens with one attached hydrogen (secondary N) is 2. The van der Waals surface area contributed by atoms with E-state index >= 15 is 0 Å². The van der Waals surface area contributed by atoms with Gasteiger partial charge in [0.05, 0.1) is 17.9 Å². The van der Waals surface area contributed by atoms with E-state index in [1.54, 1.807) is 29.3 Å². The molecule has 1 amide bonds. The molecule has 2 aromatic rings. The normalized spacial score (nSPS) is 18.6. The smallest absolute Gasteiger partial charge is 0.411 e. The fourth-order valence-electron chi connectivity index (χ4n) is 3.92. The largest absolute Gasteiger partial charge is 0.447 e. The monoisotopic (exact) mass is 443 g/mol. The molecule has 9 nitrogen and oxygen atoms in total. The van der Waals surface area contributed by atoms with Gasteiger partial charge in [-0.05, 0) is 29.8 Å². The van der Waals surface area contributed by atoms with Crippen LogP contribution in [0.2, 0.25) is 0 Å². The molecule has 2 aromatic carbocycles. The van der Waals surface area contributed by atoms with Crippen molar-refractivity contribution in [2.24, 2.45) is 5.10 Å². The van der Waals surface area contributed by atoms with Crippen LogP contribution in [0.4, 0.5) is 25.0 Å². The number of benzene rings is 2. The average Bonchev–Trinajstić information content (AvgIpc) is 3.44. The maximum absolute atomic E-state index is 14.9. The zero-order valence-electron chi connectivity index (χ0n) is 17.3. The van der Waals surface area contributed by atoms with E-state index in [-0.39, 0.29) is 18.6 Å². The summed E-state index contributed by atoms with van der Waals surface area (Å²) in [5.74, 6) is -0.856. The summed E-state index contributed by atoms with van der Waals surface area (Å²) in [6.45, 7) is 4.19. The van der Waals surface area contributed by atoms with Crippen LogP contribution in [0.3, 0.4) is 0 Å². The Balaban J connectivity index is 1.28. The number of hydrazone groups is 1. The van der Waals surface area contributed by atoms with E-state index in [1.165, 1.54) is 28.5 Å². The minimum atomic E-state index is -0.490. The summed E-state index contributed by atoms with van der Waals surface area (Å²) < 4.78 is 34.6. The van der Waals surface area contributed by atoms with Crippen LogP contribution in [0.25, 0.3) is 11.1 Å². The molecule has 32 heavy (non-hydrogen) atoms. The fraction of sp³-hybridized carbons (Fsp3) is 0.333. The van der Waals surface area contributed by atoms with Gasteiger partial charge in [-0.3, -0.25) is 9.91 Å². The van der Waals surface area contributed by atoms with Crippen molar-refractivity contribution in [2.75, 3.05) is 56.0 Å². The third-order valence-corrected chi connectivity index (χ3v) is 5.61. The highest BCUT2D eigenvalue weighted by atomic mass is 19.1. The molecule has 0 atom stereocenters. The minimum Gasteiger partial charge on any atom is -0.447 e. The van der Waals surface area contributed by atoms with Gasteiger partial charge < -0.3 is 15.0 Å². The lowest BCUT2D eigenvalue weighted by Crippen LogP contribution is -2.46. The molecule has 2 saturated heterocycles. The lowest BCUT2D eigenvalue weighted by molar-refractivity contribution is 0.141. The van der Waals surface area contributed by atoms with E-state index in [2.05, 4.69) is 16.0 Å². The van der Waals surface area contributed by atoms with Gasteiger partial charge in [-0.1, -0.05) is 6.07 Å². The van der Waals surface area contributed by atoms with Crippen molar-refractivity contribution in [1.82, 2.24) is 20.8 Å². The molecule has 2 N–H and O–H groups in total. The zero-order chi connectivity index (χ0) is 22.1. The molecule has 11 heteroatoms. The van der Waals surface area contributed by atoms with Gasteiger partial charge in [0.2, 0.25) is 0 Å². The summed E-state index contributed by atoms with van der Waals surface area (Å²) in [4.78, 5) is 15.1. The summed E-state index contributed by atoms with van der Waals surface area (Å²) in [6.07, 6.45) is 1.12. The Hall–Kier alpha value is -3.44. The first-order valence-electron chi connectivity index (χ1n) is 10.4. The standard InChI is InChI=1S/C21H23F2N7O2/c22-18-12-16(30-25-13-29(26-30)14-28-9-10-32-21(28)31)2-3-17(18)15-1-4-20(19(23)11-15)27-7-5-24-6-8-27/h1-4,11-13,24,26H,5-10,14H2. The Morgan fingerprint density at radius 3 is 2.59 bits per heavy atom. The van der Waals surface area contributed by atoms with Crippen molar-refractivity contribution in [3.05, 3.63) is 48.0 Å². The molecule has 3 aliphatic heterocycles. The van der Waals surface area contributed by atoms with Crippen molar-refractivity contribution in [1.29, 1.82) is 0 Å². The summed E-state index contributed by atoms with van der Waals surface area (Å²) in [6, 6.07) is 9.44. The molecule has 0 aromatic heterocycles. The van der Waals surface area contributed by atoms with Crippen molar-refractivity contribution < 1.29 is 18.3 Å². The molecule has 3 heterocycles. The van der Waals surface area contributed by atoms with Crippen molar-refractivity contribution in [2.45, 2.75) is 0 Å². The zero-order valence-corrected chi connectivity index (χ0v) is 17.3. The molecule has 0 saturated carbocycles. The average molecular weight is 443 g/mol. The second-order valence-corrected chi connectivity index (χ2v) is 7.70. The number of anilines is 2. The molecule has 3 aliphatic rings. The first kappa shape index (κ1) is 20.5. The number of carbonyl (C=O) groups excluding carboxylic acids is 1. The number of amides is 1. The van der Waals surface area contributed by atoms with E-state index < -0.39 is 5.82 Å². The number of nitrogens with zero attached hydrogens (tertiary/aromatic N) is 5. The van der Waals surface area contributed by atoms with Crippen molar-refractivity contribution in [3.8, 4) is 11.1 Å². The molecular weight excluding hydrogens is 420 g/mol. The van der Waals surface area contributed by atoms with Gasteiger partial charge in [-0.15, -0.1) is 10.6 Å². The number of piperazine rings is 1. The fourth-order valence-corrected chi connectivity index (χ4v) is 3.92. The van der Waals surface area contributed by atoms with E-state index in [0.29, 0.717) is 35.7 Å². The number of rotatable bonds is 5. The quantitative estimate of drug-likeness (QED) is 0.732. The van der Waals surface area contributed by atoms with Crippen molar-refractivity contribution in [3.63, 3.8) is 0 Å². The number of hydrogen-bond donors (Lipinski definition) is 2. The summed E-state index contributed by atoms with van der Waals surface area (Å²) in [7, 11) is 0. The van der Waals surface area contributed by atoms with Crippen LogP contribution in [0, 0.1) is 11.6 Å². The van der Waals surface area contributed by atoms with Crippen LogP contribution in [0.5, 0.6) is 0 Å². The molecule has 5 rings (SSSR count). The van der Waals surface area contributed by atoms with Gasteiger partial charge in [0.15, 0.2) is 0 Å². The highest BCUT2D eigenvalue weighted by Crippen LogP contribution is 2.30. The van der Waals surface area contributed by atoms with Gasteiger partial charge >= 0.3 is 6.09 Å². The molecule has 0 aliphatic carbocycles. The van der Waals surface area contributed by atoms with Crippen LogP contribution < -0.4 is 20.9 Å². The summed E-state index contributed by atoms with van der Waals surface area (Å²) in [5, 5.41) is 10.4. The third-order valence-electron chi connectivity index (χ3n) is 5.61. The lowest BCUT2D eigenvalue weighted by Gasteiger charge is -2.29. The van der Waals surface area contributed by atoms with Crippen LogP contribution in [-0.2, 0) is 4.74 Å². The number of ether oxygens (including phenoxy) is 1. The first-order valence-corrected chi connectivity index (χ1v) is 10.4. The predicted molar refractivity (Wildman–Crippen MR) is 116 cm³/mol. The van der Waals surface area contributed by atoms with E-state index in [1.807, 2.05) is 4.90 Å². The number of halogens is 2. The maximum atomic E-state index is 14.9. The Morgan fingerprint density at radius 1 is 1.03 bits per heavy atom. The van der Waals surface area contributed by atoms with Gasteiger partial charge in [0.1, 0.15) is 31.2 Å². The van der Waals surface area contributed by atoms with Crippen LogP contribution in [0.15, 0.2) is 41.5 Å². The van der Waals surface area contributed by atoms with Gasteiger partial charge in [0, 0.05) is 37.8 Å². The molecule has 0 unspecified atom stereocenters. The van der Waals surface area contributed by atoms with Crippen molar-refractivity contribution >= 4 is 23.8 Å². The number of carbonyl (C=O) groups is 1. The molecule has 2 fully saturated rings. The Bertz CT molecular complexity index is 1040. The molecule has 168 valence electrons. The highest BCUT2D eigenvalue weighted by molar-refractivity contribution is 5.71. The van der Waals surface area contributed by atoms with Crippen LogP contribution in [0.1, 0.15) is 0 Å². The van der Waals surface area contributed by atoms with E-state index in [9.17, 15) is 13.6 Å². The second kappa shape index (κ2) is 8.60. The summed E-state index contributed by atoms with van der Waals surface area (Å²) >= 11 is 0. The maximum Gasteiger partial charge on any atom is 0.411 e. The topological polar surface area (TPSA) is 75.7 Å². The minimum absolute atomic E-state index is 0.248. The van der Waals surface area contributed by atoms with Crippen LogP contribution >= 0.6 is 0 Å². The second-order valence-electron chi connectivity index (χ2n) is 7.70. The Kier molecular flexibility index (Phi) is 5.50. The predicted octanol–water partition coefficient (Wildman–Crippen LogP) is 1.94. The number of hydrazine groups is 2. The van der Waals surface area contributed by atoms with E-state index in [4.69, 9.17) is 4.74 Å². The molecule has 0 radical (unpaired) electrons. The Morgan fingerprint density at radius 2 is 1.88 bits per heavy atom. The molecule has 0 spiro atoms. The summed E-state index contributed by atoms with van der Waals surface area (Å²) in [5.41, 5.74) is 4.72. The first-order chi connectivity index (χ1) is 15.6. The third kappa shape index (κ3) is 4.04. The number of hydrogen-bond acceptors (Lipinski definition) is 8. The lowest BCUT2D eigenvalue weighted by atomic mass is 10.0.